The first-order chi connectivity index (χ1) is 7.81. The SMILES string of the molecule is CCCC(CC1SC(C)NC1C)CC(F)(F)F. The Balaban J connectivity index is 2.48. The Labute approximate surface area is 106 Å². The maximum Gasteiger partial charge on any atom is 0.389 e. The number of alkyl halides is 3. The fourth-order valence-electron chi connectivity index (χ4n) is 2.52. The molecule has 0 radical (unpaired) electrons. The molecule has 4 atom stereocenters. The first-order valence-corrected chi connectivity index (χ1v) is 7.24. The van der Waals surface area contributed by atoms with Crippen LogP contribution in [0.15, 0.2) is 0 Å². The normalized spacial score (nSPS) is 31.8. The highest BCUT2D eigenvalue weighted by Crippen LogP contribution is 2.36. The molecular weight excluding hydrogens is 247 g/mol. The molecule has 1 aliphatic rings. The standard InChI is InChI=1S/C12H22F3NS/c1-4-5-10(7-12(13,14)15)6-11-8(2)16-9(3)17-11/h8-11,16H,4-7H2,1-3H3. The Morgan fingerprint density at radius 3 is 2.35 bits per heavy atom. The van der Waals surface area contributed by atoms with Crippen molar-refractivity contribution >= 4 is 11.8 Å². The zero-order valence-corrected chi connectivity index (χ0v) is 11.5. The van der Waals surface area contributed by atoms with E-state index in [9.17, 15) is 13.2 Å². The van der Waals surface area contributed by atoms with Gasteiger partial charge in [-0.05, 0) is 26.2 Å². The van der Waals surface area contributed by atoms with Crippen LogP contribution in [0.25, 0.3) is 0 Å². The van der Waals surface area contributed by atoms with Gasteiger partial charge in [0.05, 0.1) is 5.37 Å². The molecule has 0 aliphatic carbocycles. The third kappa shape index (κ3) is 5.51. The van der Waals surface area contributed by atoms with Gasteiger partial charge in [0.1, 0.15) is 0 Å². The van der Waals surface area contributed by atoms with Crippen molar-refractivity contribution < 1.29 is 13.2 Å². The Morgan fingerprint density at radius 2 is 1.94 bits per heavy atom. The predicted molar refractivity (Wildman–Crippen MR) is 67.1 cm³/mol. The second-order valence-corrected chi connectivity index (χ2v) is 6.57. The number of nitrogens with one attached hydrogen (secondary N) is 1. The molecule has 1 saturated heterocycles. The van der Waals surface area contributed by atoms with Gasteiger partial charge in [0.25, 0.3) is 0 Å². The molecule has 1 nitrogen and oxygen atoms in total. The fraction of sp³-hybridized carbons (Fsp3) is 1.00. The van der Waals surface area contributed by atoms with Crippen molar-refractivity contribution in [3.63, 3.8) is 0 Å². The van der Waals surface area contributed by atoms with Gasteiger partial charge in [-0.3, -0.25) is 0 Å². The molecule has 102 valence electrons. The van der Waals surface area contributed by atoms with Crippen molar-refractivity contribution in [1.82, 2.24) is 5.32 Å². The van der Waals surface area contributed by atoms with Crippen molar-refractivity contribution in [2.75, 3.05) is 0 Å². The number of thioether (sulfide) groups is 1. The molecule has 1 heterocycles. The molecule has 5 heteroatoms. The summed E-state index contributed by atoms with van der Waals surface area (Å²) >= 11 is 1.78. The van der Waals surface area contributed by atoms with Crippen LogP contribution < -0.4 is 5.32 Å². The van der Waals surface area contributed by atoms with E-state index in [1.165, 1.54) is 0 Å². The van der Waals surface area contributed by atoms with Crippen LogP contribution >= 0.6 is 11.8 Å². The second kappa shape index (κ2) is 6.32. The van der Waals surface area contributed by atoms with Crippen LogP contribution in [0, 0.1) is 5.92 Å². The highest BCUT2D eigenvalue weighted by atomic mass is 32.2. The molecule has 0 amide bonds. The summed E-state index contributed by atoms with van der Waals surface area (Å²) in [4.78, 5) is 0. The summed E-state index contributed by atoms with van der Waals surface area (Å²) in [6.07, 6.45) is -2.46. The Kier molecular flexibility index (Phi) is 5.64. The number of hydrogen-bond acceptors (Lipinski definition) is 2. The molecule has 0 aromatic heterocycles. The number of halogens is 3. The molecule has 1 rings (SSSR count). The van der Waals surface area contributed by atoms with Crippen LogP contribution in [-0.2, 0) is 0 Å². The van der Waals surface area contributed by atoms with E-state index in [2.05, 4.69) is 19.2 Å². The fourth-order valence-corrected chi connectivity index (χ4v) is 4.04. The maximum absolute atomic E-state index is 12.5. The van der Waals surface area contributed by atoms with E-state index in [0.717, 1.165) is 6.42 Å². The Bertz CT molecular complexity index is 232. The van der Waals surface area contributed by atoms with Crippen LogP contribution in [0.3, 0.4) is 0 Å². The van der Waals surface area contributed by atoms with Gasteiger partial charge in [-0.15, -0.1) is 11.8 Å². The van der Waals surface area contributed by atoms with Gasteiger partial charge in [-0.2, -0.15) is 13.2 Å². The summed E-state index contributed by atoms with van der Waals surface area (Å²) in [6, 6.07) is 0.322. The number of rotatable bonds is 5. The zero-order valence-electron chi connectivity index (χ0n) is 10.7. The molecule has 1 fully saturated rings. The Morgan fingerprint density at radius 1 is 1.29 bits per heavy atom. The molecular formula is C12H22F3NS. The van der Waals surface area contributed by atoms with Gasteiger partial charge in [-0.25, -0.2) is 0 Å². The van der Waals surface area contributed by atoms with E-state index in [-0.39, 0.29) is 5.92 Å². The van der Waals surface area contributed by atoms with Crippen molar-refractivity contribution in [2.45, 2.75) is 69.3 Å². The first kappa shape index (κ1) is 15.2. The molecule has 0 spiro atoms. The highest BCUT2D eigenvalue weighted by Gasteiger charge is 2.35. The van der Waals surface area contributed by atoms with E-state index in [1.54, 1.807) is 11.8 Å². The van der Waals surface area contributed by atoms with Gasteiger partial charge in [0.15, 0.2) is 0 Å². The van der Waals surface area contributed by atoms with Crippen LogP contribution in [0.1, 0.15) is 46.5 Å². The van der Waals surface area contributed by atoms with E-state index >= 15 is 0 Å². The highest BCUT2D eigenvalue weighted by molar-refractivity contribution is 8.00. The van der Waals surface area contributed by atoms with Gasteiger partial charge in [0, 0.05) is 17.7 Å². The molecule has 0 aromatic carbocycles. The summed E-state index contributed by atoms with van der Waals surface area (Å²) in [7, 11) is 0. The monoisotopic (exact) mass is 269 g/mol. The third-order valence-electron chi connectivity index (χ3n) is 3.22. The van der Waals surface area contributed by atoms with E-state index in [1.807, 2.05) is 6.92 Å². The average Bonchev–Trinajstić information content (AvgIpc) is 2.42. The zero-order chi connectivity index (χ0) is 13.1. The summed E-state index contributed by atoms with van der Waals surface area (Å²) in [5.41, 5.74) is 0. The summed E-state index contributed by atoms with van der Waals surface area (Å²) in [5.74, 6) is -0.216. The molecule has 1 aliphatic heterocycles. The lowest BCUT2D eigenvalue weighted by Crippen LogP contribution is -2.30. The molecule has 0 aromatic rings. The van der Waals surface area contributed by atoms with Crippen LogP contribution in [0.4, 0.5) is 13.2 Å². The van der Waals surface area contributed by atoms with Gasteiger partial charge < -0.3 is 5.32 Å². The van der Waals surface area contributed by atoms with E-state index < -0.39 is 12.6 Å². The lowest BCUT2D eigenvalue weighted by molar-refractivity contribution is -0.145. The maximum atomic E-state index is 12.5. The molecule has 1 N–H and O–H groups in total. The molecule has 0 saturated carbocycles. The molecule has 0 bridgehead atoms. The first-order valence-electron chi connectivity index (χ1n) is 6.30. The lowest BCUT2D eigenvalue weighted by atomic mass is 9.92. The van der Waals surface area contributed by atoms with Gasteiger partial charge in [-0.1, -0.05) is 19.8 Å². The Hall–Kier alpha value is 0.100. The van der Waals surface area contributed by atoms with Gasteiger partial charge in [0.2, 0.25) is 0 Å². The topological polar surface area (TPSA) is 12.0 Å². The van der Waals surface area contributed by atoms with Crippen LogP contribution in [-0.4, -0.2) is 22.8 Å². The smallest absolute Gasteiger partial charge is 0.302 e. The molecule has 4 unspecified atom stereocenters. The second-order valence-electron chi connectivity index (χ2n) is 4.98. The summed E-state index contributed by atoms with van der Waals surface area (Å²) < 4.78 is 37.4. The van der Waals surface area contributed by atoms with Crippen molar-refractivity contribution in [2.24, 2.45) is 5.92 Å². The number of hydrogen-bond donors (Lipinski definition) is 1. The minimum Gasteiger partial charge on any atom is -0.302 e. The van der Waals surface area contributed by atoms with E-state index in [4.69, 9.17) is 0 Å². The predicted octanol–water partition coefficient (Wildman–Crippen LogP) is 4.18. The summed E-state index contributed by atoms with van der Waals surface area (Å²) in [6.45, 7) is 6.09. The lowest BCUT2D eigenvalue weighted by Gasteiger charge is -2.23. The van der Waals surface area contributed by atoms with E-state index in [0.29, 0.717) is 29.5 Å². The minimum absolute atomic E-state index is 0.216. The van der Waals surface area contributed by atoms with Crippen molar-refractivity contribution in [1.29, 1.82) is 0 Å². The third-order valence-corrected chi connectivity index (χ3v) is 4.71. The largest absolute Gasteiger partial charge is 0.389 e. The molecule has 17 heavy (non-hydrogen) atoms. The van der Waals surface area contributed by atoms with Crippen molar-refractivity contribution in [3.05, 3.63) is 0 Å². The quantitative estimate of drug-likeness (QED) is 0.803. The average molecular weight is 269 g/mol. The minimum atomic E-state index is -4.02. The van der Waals surface area contributed by atoms with Crippen LogP contribution in [0.5, 0.6) is 0 Å². The summed E-state index contributed by atoms with van der Waals surface area (Å²) in [5, 5.41) is 4.05. The van der Waals surface area contributed by atoms with Gasteiger partial charge >= 0.3 is 6.18 Å². The van der Waals surface area contributed by atoms with Crippen LogP contribution in [0.2, 0.25) is 0 Å². The van der Waals surface area contributed by atoms with Crippen molar-refractivity contribution in [3.8, 4) is 0 Å².